The first-order valence-electron chi connectivity index (χ1n) is 23.5. The average molecular weight is 687 g/mol. The maximum absolute atomic E-state index is 2.73. The number of unbranched alkanes of at least 4 members (excludes halogenated alkanes) is 35. The van der Waals surface area contributed by atoms with Crippen LogP contribution in [0.15, 0.2) is 12.4 Å². The molecule has 0 radical (unpaired) electrons. The van der Waals surface area contributed by atoms with Gasteiger partial charge in [-0.2, -0.15) is 0 Å². The molecule has 1 unspecified atom stereocenters. The smallest absolute Gasteiger partial charge is 0.101 e. The van der Waals surface area contributed by atoms with Crippen LogP contribution in [-0.4, -0.2) is 29.1 Å². The standard InChI is InChI=1S/C47H94N2/c1-4-7-10-13-16-19-22-23-24-25-26-27-29-32-35-38-41-44-49-46-45-48(43-40-37-34-31-21-18-15-12-9-6-3)47(49)42-39-36-33-30-28-20-17-14-11-8-5-2/h45-47H,4-44H2,1-3H3. The van der Waals surface area contributed by atoms with Crippen LogP contribution in [0.5, 0.6) is 0 Å². The second-order valence-corrected chi connectivity index (χ2v) is 16.4. The molecule has 1 atom stereocenters. The van der Waals surface area contributed by atoms with E-state index in [1.54, 1.807) is 0 Å². The Morgan fingerprint density at radius 2 is 0.469 bits per heavy atom. The quantitative estimate of drug-likeness (QED) is 0.0591. The largest absolute Gasteiger partial charge is 0.356 e. The Bertz CT molecular complexity index is 644. The van der Waals surface area contributed by atoms with Crippen LogP contribution < -0.4 is 0 Å². The fourth-order valence-corrected chi connectivity index (χ4v) is 8.13. The summed E-state index contributed by atoms with van der Waals surface area (Å²) in [6, 6.07) is 0. The first-order chi connectivity index (χ1) is 24.3. The van der Waals surface area contributed by atoms with Gasteiger partial charge in [0.2, 0.25) is 0 Å². The molecule has 292 valence electrons. The minimum Gasteiger partial charge on any atom is -0.356 e. The van der Waals surface area contributed by atoms with Crippen LogP contribution in [0, 0.1) is 0 Å². The monoisotopic (exact) mass is 687 g/mol. The van der Waals surface area contributed by atoms with E-state index in [9.17, 15) is 0 Å². The van der Waals surface area contributed by atoms with Gasteiger partial charge in [-0.1, -0.05) is 245 Å². The molecule has 1 aliphatic rings. The molecule has 2 heteroatoms. The molecule has 0 saturated carbocycles. The van der Waals surface area contributed by atoms with Crippen molar-refractivity contribution in [1.29, 1.82) is 0 Å². The van der Waals surface area contributed by atoms with Gasteiger partial charge in [0, 0.05) is 25.5 Å². The molecule has 0 saturated heterocycles. The van der Waals surface area contributed by atoms with Crippen molar-refractivity contribution in [3.8, 4) is 0 Å². The van der Waals surface area contributed by atoms with E-state index in [4.69, 9.17) is 0 Å². The van der Waals surface area contributed by atoms with Crippen LogP contribution in [0.4, 0.5) is 0 Å². The highest BCUT2D eigenvalue weighted by Gasteiger charge is 2.24. The summed E-state index contributed by atoms with van der Waals surface area (Å²) < 4.78 is 0. The van der Waals surface area contributed by atoms with Crippen LogP contribution >= 0.6 is 0 Å². The van der Waals surface area contributed by atoms with Crippen LogP contribution in [-0.2, 0) is 0 Å². The summed E-state index contributed by atoms with van der Waals surface area (Å²) in [4.78, 5) is 5.46. The lowest BCUT2D eigenvalue weighted by molar-refractivity contribution is 0.135. The van der Waals surface area contributed by atoms with Gasteiger partial charge >= 0.3 is 0 Å². The molecule has 49 heavy (non-hydrogen) atoms. The van der Waals surface area contributed by atoms with E-state index in [0.717, 1.165) is 0 Å². The molecule has 0 amide bonds. The second kappa shape index (κ2) is 38.6. The third-order valence-electron chi connectivity index (χ3n) is 11.6. The Morgan fingerprint density at radius 1 is 0.265 bits per heavy atom. The van der Waals surface area contributed by atoms with Crippen molar-refractivity contribution in [2.24, 2.45) is 0 Å². The molecule has 0 spiro atoms. The lowest BCUT2D eigenvalue weighted by Gasteiger charge is -2.33. The van der Waals surface area contributed by atoms with Crippen molar-refractivity contribution < 1.29 is 0 Å². The van der Waals surface area contributed by atoms with Gasteiger partial charge in [-0.25, -0.2) is 0 Å². The van der Waals surface area contributed by atoms with Gasteiger partial charge in [0.25, 0.3) is 0 Å². The highest BCUT2D eigenvalue weighted by Crippen LogP contribution is 2.24. The predicted octanol–water partition coefficient (Wildman–Crippen LogP) is 16.7. The summed E-state index contributed by atoms with van der Waals surface area (Å²) in [6.45, 7) is 9.49. The summed E-state index contributed by atoms with van der Waals surface area (Å²) in [7, 11) is 0. The minimum absolute atomic E-state index is 0.637. The number of nitrogens with zero attached hydrogens (tertiary/aromatic N) is 2. The summed E-state index contributed by atoms with van der Waals surface area (Å²) in [5, 5.41) is 0. The summed E-state index contributed by atoms with van der Waals surface area (Å²) in [5.74, 6) is 0. The third kappa shape index (κ3) is 30.7. The zero-order valence-electron chi connectivity index (χ0n) is 34.6. The second-order valence-electron chi connectivity index (χ2n) is 16.4. The van der Waals surface area contributed by atoms with Gasteiger partial charge in [-0.05, 0) is 25.7 Å². The third-order valence-corrected chi connectivity index (χ3v) is 11.6. The van der Waals surface area contributed by atoms with Crippen LogP contribution in [0.25, 0.3) is 0 Å². The SMILES string of the molecule is CCCCCCCCCCCCCCCCCCCN1C=CN(CCCCCCCCCCCC)C1CCCCCCCCCCCCC. The number of hydrogen-bond donors (Lipinski definition) is 0. The fraction of sp³-hybridized carbons (Fsp3) is 0.957. The van der Waals surface area contributed by atoms with Gasteiger partial charge in [-0.3, -0.25) is 0 Å². The minimum atomic E-state index is 0.637. The van der Waals surface area contributed by atoms with Crippen LogP contribution in [0.2, 0.25) is 0 Å². The van der Waals surface area contributed by atoms with Crippen LogP contribution in [0.1, 0.15) is 271 Å². The topological polar surface area (TPSA) is 6.48 Å². The Hall–Kier alpha value is -0.660. The van der Waals surface area contributed by atoms with Crippen molar-refractivity contribution in [2.45, 2.75) is 277 Å². The molecule has 0 aromatic rings. The van der Waals surface area contributed by atoms with Crippen LogP contribution in [0.3, 0.4) is 0 Å². The predicted molar refractivity (Wildman–Crippen MR) is 223 cm³/mol. The molecular formula is C47H94N2. The molecule has 0 aromatic carbocycles. The van der Waals surface area contributed by atoms with Crippen molar-refractivity contribution >= 4 is 0 Å². The maximum atomic E-state index is 2.73. The summed E-state index contributed by atoms with van der Waals surface area (Å²) in [5.41, 5.74) is 0. The van der Waals surface area contributed by atoms with Gasteiger partial charge in [0.05, 0.1) is 0 Å². The molecule has 1 aliphatic heterocycles. The Morgan fingerprint density at radius 3 is 0.714 bits per heavy atom. The zero-order valence-corrected chi connectivity index (χ0v) is 34.6. The van der Waals surface area contributed by atoms with E-state index in [0.29, 0.717) is 6.17 Å². The first kappa shape index (κ1) is 46.4. The Labute approximate surface area is 311 Å². The van der Waals surface area contributed by atoms with Crippen molar-refractivity contribution in [2.75, 3.05) is 13.1 Å². The molecule has 0 N–H and O–H groups in total. The van der Waals surface area contributed by atoms with E-state index < -0.39 is 0 Å². The lowest BCUT2D eigenvalue weighted by atomic mass is 10.0. The molecule has 0 bridgehead atoms. The van der Waals surface area contributed by atoms with E-state index in [2.05, 4.69) is 43.0 Å². The van der Waals surface area contributed by atoms with E-state index in [1.165, 1.54) is 264 Å². The molecule has 0 aliphatic carbocycles. The summed E-state index contributed by atoms with van der Waals surface area (Å²) >= 11 is 0. The number of rotatable bonds is 41. The molecule has 0 fully saturated rings. The van der Waals surface area contributed by atoms with Crippen molar-refractivity contribution in [3.05, 3.63) is 12.4 Å². The van der Waals surface area contributed by atoms with Gasteiger partial charge in [0.1, 0.15) is 6.17 Å². The molecule has 1 rings (SSSR count). The molecule has 0 aromatic heterocycles. The average Bonchev–Trinajstić information content (AvgIpc) is 3.50. The van der Waals surface area contributed by atoms with E-state index in [1.807, 2.05) is 0 Å². The normalized spacial score (nSPS) is 14.6. The first-order valence-corrected chi connectivity index (χ1v) is 23.5. The highest BCUT2D eigenvalue weighted by atomic mass is 15.4. The molecule has 2 nitrogen and oxygen atoms in total. The highest BCUT2D eigenvalue weighted by molar-refractivity contribution is 4.97. The van der Waals surface area contributed by atoms with Gasteiger partial charge in [-0.15, -0.1) is 0 Å². The Balaban J connectivity index is 2.17. The Kier molecular flexibility index (Phi) is 36.5. The van der Waals surface area contributed by atoms with Crippen molar-refractivity contribution in [3.63, 3.8) is 0 Å². The molecular weight excluding hydrogens is 593 g/mol. The lowest BCUT2D eigenvalue weighted by Crippen LogP contribution is -2.39. The van der Waals surface area contributed by atoms with Gasteiger partial charge < -0.3 is 9.80 Å². The fourth-order valence-electron chi connectivity index (χ4n) is 8.13. The van der Waals surface area contributed by atoms with E-state index >= 15 is 0 Å². The zero-order chi connectivity index (χ0) is 35.1. The maximum Gasteiger partial charge on any atom is 0.101 e. The van der Waals surface area contributed by atoms with Gasteiger partial charge in [0.15, 0.2) is 0 Å². The molecule has 1 heterocycles. The number of hydrogen-bond acceptors (Lipinski definition) is 2. The van der Waals surface area contributed by atoms with Crippen molar-refractivity contribution in [1.82, 2.24) is 9.80 Å². The van der Waals surface area contributed by atoms with E-state index in [-0.39, 0.29) is 0 Å². The summed E-state index contributed by atoms with van der Waals surface area (Å²) in [6.07, 6.45) is 61.9.